The molecule has 0 bridgehead atoms. The topological polar surface area (TPSA) is 91.6 Å². The zero-order valence-corrected chi connectivity index (χ0v) is 13.0. The SMILES string of the molecule is CCCC[C@H](NC(=O)NC(C)c1cc(C)oc1C)C(=O)O. The molecule has 6 heteroatoms. The monoisotopic (exact) mass is 296 g/mol. The lowest BCUT2D eigenvalue weighted by Gasteiger charge is -2.18. The molecule has 1 unspecified atom stereocenters. The van der Waals surface area contributed by atoms with Gasteiger partial charge in [-0.3, -0.25) is 0 Å². The second kappa shape index (κ2) is 7.71. The van der Waals surface area contributed by atoms with Gasteiger partial charge in [-0.25, -0.2) is 9.59 Å². The molecule has 0 saturated carbocycles. The third kappa shape index (κ3) is 5.13. The van der Waals surface area contributed by atoms with E-state index in [4.69, 9.17) is 9.52 Å². The van der Waals surface area contributed by atoms with Crippen LogP contribution in [0.2, 0.25) is 0 Å². The number of hydrogen-bond donors (Lipinski definition) is 3. The quantitative estimate of drug-likeness (QED) is 0.721. The van der Waals surface area contributed by atoms with Crippen LogP contribution in [0.4, 0.5) is 4.79 Å². The Morgan fingerprint density at radius 2 is 2.00 bits per heavy atom. The van der Waals surface area contributed by atoms with Gasteiger partial charge in [0.1, 0.15) is 17.6 Å². The Balaban J connectivity index is 2.59. The van der Waals surface area contributed by atoms with Crippen LogP contribution < -0.4 is 10.6 Å². The maximum Gasteiger partial charge on any atom is 0.326 e. The molecule has 0 fully saturated rings. The molecule has 0 saturated heterocycles. The van der Waals surface area contributed by atoms with Gasteiger partial charge < -0.3 is 20.2 Å². The van der Waals surface area contributed by atoms with Crippen LogP contribution in [-0.4, -0.2) is 23.1 Å². The lowest BCUT2D eigenvalue weighted by Crippen LogP contribution is -2.46. The van der Waals surface area contributed by atoms with Gasteiger partial charge in [0, 0.05) is 5.56 Å². The molecular weight excluding hydrogens is 272 g/mol. The van der Waals surface area contributed by atoms with Crippen LogP contribution in [0.15, 0.2) is 10.5 Å². The summed E-state index contributed by atoms with van der Waals surface area (Å²) < 4.78 is 5.42. The van der Waals surface area contributed by atoms with Crippen molar-refractivity contribution in [2.45, 2.75) is 59.0 Å². The van der Waals surface area contributed by atoms with E-state index in [1.54, 1.807) is 0 Å². The van der Waals surface area contributed by atoms with Gasteiger partial charge >= 0.3 is 12.0 Å². The van der Waals surface area contributed by atoms with E-state index in [1.807, 2.05) is 33.8 Å². The number of carboxylic acids is 1. The van der Waals surface area contributed by atoms with Crippen LogP contribution >= 0.6 is 0 Å². The number of carboxylic acid groups (broad SMARTS) is 1. The molecule has 1 heterocycles. The molecule has 1 aromatic heterocycles. The van der Waals surface area contributed by atoms with Crippen molar-refractivity contribution in [2.75, 3.05) is 0 Å². The standard InChI is InChI=1S/C15H24N2O4/c1-5-6-7-13(14(18)19)17-15(20)16-10(3)12-8-9(2)21-11(12)4/h8,10,13H,5-7H2,1-4H3,(H,18,19)(H2,16,17,20)/t10?,13-/m0/s1. The third-order valence-corrected chi connectivity index (χ3v) is 3.34. The van der Waals surface area contributed by atoms with Crippen molar-refractivity contribution < 1.29 is 19.1 Å². The first kappa shape index (κ1) is 17.1. The minimum Gasteiger partial charge on any atom is -0.480 e. The average molecular weight is 296 g/mol. The molecule has 1 rings (SSSR count). The van der Waals surface area contributed by atoms with Gasteiger partial charge in [0.25, 0.3) is 0 Å². The van der Waals surface area contributed by atoms with E-state index in [-0.39, 0.29) is 6.04 Å². The predicted molar refractivity (Wildman–Crippen MR) is 79.2 cm³/mol. The number of unbranched alkanes of at least 4 members (excludes halogenated alkanes) is 1. The first-order chi connectivity index (χ1) is 9.85. The molecule has 2 amide bonds. The normalized spacial score (nSPS) is 13.5. The summed E-state index contributed by atoms with van der Waals surface area (Å²) in [5.74, 6) is 0.519. The molecule has 0 spiro atoms. The summed E-state index contributed by atoms with van der Waals surface area (Å²) >= 11 is 0. The maximum atomic E-state index is 11.9. The van der Waals surface area contributed by atoms with E-state index < -0.39 is 18.0 Å². The number of carbonyl (C=O) groups is 2. The number of nitrogens with one attached hydrogen (secondary N) is 2. The number of carbonyl (C=O) groups excluding carboxylic acids is 1. The van der Waals surface area contributed by atoms with Crippen LogP contribution in [0.25, 0.3) is 0 Å². The van der Waals surface area contributed by atoms with E-state index in [0.717, 1.165) is 29.9 Å². The van der Waals surface area contributed by atoms with Gasteiger partial charge in [-0.1, -0.05) is 19.8 Å². The Kier molecular flexibility index (Phi) is 6.27. The lowest BCUT2D eigenvalue weighted by atomic mass is 10.1. The number of hydrogen-bond acceptors (Lipinski definition) is 3. The number of furan rings is 1. The molecule has 0 aliphatic carbocycles. The Labute approximate surface area is 124 Å². The van der Waals surface area contributed by atoms with E-state index in [0.29, 0.717) is 6.42 Å². The summed E-state index contributed by atoms with van der Waals surface area (Å²) in [7, 11) is 0. The van der Waals surface area contributed by atoms with Crippen molar-refractivity contribution >= 4 is 12.0 Å². The van der Waals surface area contributed by atoms with Crippen molar-refractivity contribution in [1.29, 1.82) is 0 Å². The molecule has 6 nitrogen and oxygen atoms in total. The summed E-state index contributed by atoms with van der Waals surface area (Å²) in [6, 6.07) is 0.281. The fourth-order valence-electron chi connectivity index (χ4n) is 2.22. The Bertz CT molecular complexity index is 496. The molecular formula is C15H24N2O4. The van der Waals surface area contributed by atoms with Gasteiger partial charge in [-0.05, 0) is 33.3 Å². The second-order valence-electron chi connectivity index (χ2n) is 5.24. The van der Waals surface area contributed by atoms with Gasteiger partial charge in [-0.15, -0.1) is 0 Å². The van der Waals surface area contributed by atoms with Gasteiger partial charge in [-0.2, -0.15) is 0 Å². The Morgan fingerprint density at radius 1 is 1.33 bits per heavy atom. The average Bonchev–Trinajstić information content (AvgIpc) is 2.73. The zero-order valence-electron chi connectivity index (χ0n) is 13.0. The molecule has 2 atom stereocenters. The van der Waals surface area contributed by atoms with E-state index >= 15 is 0 Å². The summed E-state index contributed by atoms with van der Waals surface area (Å²) in [4.78, 5) is 23.0. The maximum absolute atomic E-state index is 11.9. The summed E-state index contributed by atoms with van der Waals surface area (Å²) in [5, 5.41) is 14.3. The first-order valence-corrected chi connectivity index (χ1v) is 7.21. The summed E-state index contributed by atoms with van der Waals surface area (Å²) in [6.45, 7) is 7.48. The fraction of sp³-hybridized carbons (Fsp3) is 0.600. The largest absolute Gasteiger partial charge is 0.480 e. The van der Waals surface area contributed by atoms with Gasteiger partial charge in [0.2, 0.25) is 0 Å². The summed E-state index contributed by atoms with van der Waals surface area (Å²) in [5.41, 5.74) is 0.892. The smallest absolute Gasteiger partial charge is 0.326 e. The van der Waals surface area contributed by atoms with Crippen molar-refractivity contribution in [3.8, 4) is 0 Å². The van der Waals surface area contributed by atoms with Crippen LogP contribution in [0.1, 0.15) is 56.2 Å². The predicted octanol–water partition coefficient (Wildman–Crippen LogP) is 2.90. The molecule has 0 radical (unpaired) electrons. The first-order valence-electron chi connectivity index (χ1n) is 7.21. The van der Waals surface area contributed by atoms with Crippen LogP contribution in [0.3, 0.4) is 0 Å². The van der Waals surface area contributed by atoms with Gasteiger partial charge in [0.15, 0.2) is 0 Å². The van der Waals surface area contributed by atoms with E-state index in [9.17, 15) is 9.59 Å². The third-order valence-electron chi connectivity index (χ3n) is 3.34. The van der Waals surface area contributed by atoms with Crippen molar-refractivity contribution in [3.63, 3.8) is 0 Å². The second-order valence-corrected chi connectivity index (χ2v) is 5.24. The van der Waals surface area contributed by atoms with Crippen LogP contribution in [0.5, 0.6) is 0 Å². The minimum atomic E-state index is -1.01. The van der Waals surface area contributed by atoms with Crippen molar-refractivity contribution in [1.82, 2.24) is 10.6 Å². The zero-order chi connectivity index (χ0) is 16.0. The minimum absolute atomic E-state index is 0.247. The molecule has 21 heavy (non-hydrogen) atoms. The molecule has 0 aliphatic heterocycles. The van der Waals surface area contributed by atoms with Crippen LogP contribution in [0, 0.1) is 13.8 Å². The highest BCUT2D eigenvalue weighted by molar-refractivity contribution is 5.82. The molecule has 0 aromatic carbocycles. The highest BCUT2D eigenvalue weighted by atomic mass is 16.4. The van der Waals surface area contributed by atoms with Crippen molar-refractivity contribution in [2.24, 2.45) is 0 Å². The highest BCUT2D eigenvalue weighted by Gasteiger charge is 2.21. The van der Waals surface area contributed by atoms with Gasteiger partial charge in [0.05, 0.1) is 6.04 Å². The van der Waals surface area contributed by atoms with E-state index in [1.165, 1.54) is 0 Å². The number of aliphatic carboxylic acids is 1. The molecule has 118 valence electrons. The fourth-order valence-corrected chi connectivity index (χ4v) is 2.22. The molecule has 3 N–H and O–H groups in total. The Hall–Kier alpha value is -1.98. The van der Waals surface area contributed by atoms with Crippen LogP contribution in [-0.2, 0) is 4.79 Å². The Morgan fingerprint density at radius 3 is 2.48 bits per heavy atom. The number of aryl methyl sites for hydroxylation is 2. The molecule has 0 aliphatic rings. The van der Waals surface area contributed by atoms with Crippen molar-refractivity contribution in [3.05, 3.63) is 23.2 Å². The number of urea groups is 1. The number of rotatable bonds is 7. The lowest BCUT2D eigenvalue weighted by molar-refractivity contribution is -0.139. The van der Waals surface area contributed by atoms with E-state index in [2.05, 4.69) is 10.6 Å². The summed E-state index contributed by atoms with van der Waals surface area (Å²) in [6.07, 6.45) is 2.07. The molecule has 1 aromatic rings. The number of amides is 2. The highest BCUT2D eigenvalue weighted by Crippen LogP contribution is 2.20.